The molecule has 1 atom stereocenters. The Morgan fingerprint density at radius 2 is 1.88 bits per heavy atom. The number of hydrazine groups is 1. The fourth-order valence-corrected chi connectivity index (χ4v) is 5.29. The van der Waals surface area contributed by atoms with Crippen molar-refractivity contribution < 1.29 is 19.1 Å². The number of halogens is 1. The molecule has 0 saturated carbocycles. The van der Waals surface area contributed by atoms with E-state index >= 15 is 0 Å². The van der Waals surface area contributed by atoms with Crippen LogP contribution in [0.2, 0.25) is 5.02 Å². The Kier molecular flexibility index (Phi) is 8.33. The molecular weight excluding hydrogens is 558 g/mol. The molecule has 0 aliphatic carbocycles. The number of amidine groups is 1. The van der Waals surface area contributed by atoms with Crippen LogP contribution in [0.3, 0.4) is 0 Å². The number of nitrogens with zero attached hydrogens (tertiary/aromatic N) is 5. The second kappa shape index (κ2) is 11.9. The maximum absolute atomic E-state index is 12.7. The van der Waals surface area contributed by atoms with E-state index in [1.807, 2.05) is 80.5 Å². The van der Waals surface area contributed by atoms with E-state index in [1.54, 1.807) is 23.2 Å². The molecule has 1 radical (unpaired) electrons. The number of carbonyl (C=O) groups is 2. The van der Waals surface area contributed by atoms with Gasteiger partial charge in [0.25, 0.3) is 11.7 Å². The third kappa shape index (κ3) is 6.32. The van der Waals surface area contributed by atoms with Gasteiger partial charge in [0, 0.05) is 43.0 Å². The molecule has 0 aromatic heterocycles. The molecule has 1 fully saturated rings. The summed E-state index contributed by atoms with van der Waals surface area (Å²) in [5, 5.41) is 2.31. The van der Waals surface area contributed by atoms with Crippen LogP contribution in [0.5, 0.6) is 5.75 Å². The lowest BCUT2D eigenvalue weighted by Crippen LogP contribution is -2.58. The van der Waals surface area contributed by atoms with E-state index in [1.165, 1.54) is 0 Å². The third-order valence-corrected chi connectivity index (χ3v) is 7.49. The second-order valence-corrected chi connectivity index (χ2v) is 11.6. The van der Waals surface area contributed by atoms with Gasteiger partial charge in [0.2, 0.25) is 6.04 Å². The SMILES string of the molecule is COc1cc(N2CCN(C(=O)OC(C)(C)C)CC2)ccc1NN1C=C(Cc2ccccc2Cl)[N+]2C=CN=C2C1C(N)=O. The summed E-state index contributed by atoms with van der Waals surface area (Å²) >= 11 is 6.46. The molecule has 11 nitrogen and oxygen atoms in total. The number of carbonyl (C=O) groups excluding carboxylic acids is 2. The smallest absolute Gasteiger partial charge is 0.410 e. The van der Waals surface area contributed by atoms with Crippen LogP contribution < -0.4 is 25.7 Å². The summed E-state index contributed by atoms with van der Waals surface area (Å²) in [5.41, 5.74) is 12.1. The highest BCUT2D eigenvalue weighted by molar-refractivity contribution is 6.31. The van der Waals surface area contributed by atoms with Crippen LogP contribution in [0.25, 0.3) is 0 Å². The van der Waals surface area contributed by atoms with Gasteiger partial charge in [0.1, 0.15) is 11.4 Å². The molecule has 221 valence electrons. The lowest BCUT2D eigenvalue weighted by Gasteiger charge is -2.37. The molecule has 2 aromatic carbocycles. The number of primary amides is 1. The molecule has 1 unspecified atom stereocenters. The summed E-state index contributed by atoms with van der Waals surface area (Å²) < 4.78 is 11.3. The topological polar surface area (TPSA) is 119 Å². The van der Waals surface area contributed by atoms with Crippen molar-refractivity contribution >= 4 is 40.8 Å². The Morgan fingerprint density at radius 3 is 2.55 bits per heavy atom. The monoisotopic (exact) mass is 593 g/mol. The van der Waals surface area contributed by atoms with Gasteiger partial charge in [-0.25, -0.2) is 4.79 Å². The number of piperazine rings is 1. The fraction of sp³-hybridized carbons (Fsp3) is 0.367. The van der Waals surface area contributed by atoms with E-state index in [4.69, 9.17) is 26.8 Å². The van der Waals surface area contributed by atoms with Crippen molar-refractivity contribution in [2.45, 2.75) is 38.8 Å². The normalized spacial score (nSPS) is 18.8. The molecule has 2 amide bonds. The summed E-state index contributed by atoms with van der Waals surface area (Å²) in [5.74, 6) is 0.527. The van der Waals surface area contributed by atoms with Crippen molar-refractivity contribution in [3.05, 3.63) is 77.3 Å². The molecule has 2 aromatic rings. The first-order valence-electron chi connectivity index (χ1n) is 13.8. The fourth-order valence-electron chi connectivity index (χ4n) is 5.09. The predicted molar refractivity (Wildman–Crippen MR) is 163 cm³/mol. The number of ether oxygens (including phenoxy) is 2. The Balaban J connectivity index is 1.35. The van der Waals surface area contributed by atoms with Gasteiger partial charge < -0.3 is 25.0 Å². The zero-order chi connectivity index (χ0) is 30.0. The lowest BCUT2D eigenvalue weighted by molar-refractivity contribution is -0.120. The number of hydrogen-bond acceptors (Lipinski definition) is 9. The van der Waals surface area contributed by atoms with Crippen molar-refractivity contribution in [2.75, 3.05) is 43.6 Å². The molecule has 12 heteroatoms. The minimum Gasteiger partial charge on any atom is -0.494 e. The summed E-state index contributed by atoms with van der Waals surface area (Å²) in [4.78, 5) is 35.4. The van der Waals surface area contributed by atoms with Gasteiger partial charge >= 0.3 is 6.09 Å². The van der Waals surface area contributed by atoms with E-state index < -0.39 is 17.6 Å². The molecule has 5 rings (SSSR count). The highest BCUT2D eigenvalue weighted by Crippen LogP contribution is 2.33. The maximum atomic E-state index is 12.7. The van der Waals surface area contributed by atoms with Crippen molar-refractivity contribution in [2.24, 2.45) is 10.7 Å². The lowest BCUT2D eigenvalue weighted by atomic mass is 10.1. The Bertz CT molecular complexity index is 1440. The summed E-state index contributed by atoms with van der Waals surface area (Å²) in [6.07, 6.45) is 5.51. The number of hydrogen-bond donors (Lipinski definition) is 2. The Labute approximate surface area is 250 Å². The van der Waals surface area contributed by atoms with E-state index in [9.17, 15) is 9.59 Å². The van der Waals surface area contributed by atoms with Crippen LogP contribution in [0.1, 0.15) is 26.3 Å². The van der Waals surface area contributed by atoms with Gasteiger partial charge in [-0.1, -0.05) is 34.7 Å². The van der Waals surface area contributed by atoms with Crippen LogP contribution in [0, 0.1) is 0 Å². The van der Waals surface area contributed by atoms with Crippen molar-refractivity contribution in [3.8, 4) is 5.75 Å². The molecule has 3 heterocycles. The van der Waals surface area contributed by atoms with E-state index in [0.717, 1.165) is 16.9 Å². The van der Waals surface area contributed by atoms with Crippen molar-refractivity contribution in [1.82, 2.24) is 14.8 Å². The molecule has 3 aliphatic heterocycles. The molecule has 3 N–H and O–H groups in total. The van der Waals surface area contributed by atoms with Crippen LogP contribution in [-0.2, 0) is 16.0 Å². The van der Waals surface area contributed by atoms with Crippen LogP contribution in [0.15, 0.2) is 71.8 Å². The van der Waals surface area contributed by atoms with E-state index in [0.29, 0.717) is 54.9 Å². The number of methoxy groups -OCH3 is 1. The first kappa shape index (κ1) is 29.3. The van der Waals surface area contributed by atoms with Crippen molar-refractivity contribution in [3.63, 3.8) is 0 Å². The largest absolute Gasteiger partial charge is 0.494 e. The zero-order valence-corrected chi connectivity index (χ0v) is 25.0. The number of amides is 2. The van der Waals surface area contributed by atoms with Gasteiger partial charge in [-0.2, -0.15) is 4.99 Å². The minimum absolute atomic E-state index is 0.299. The first-order chi connectivity index (χ1) is 20.0. The minimum atomic E-state index is -0.861. The molecular formula is C30H36ClN7O4+. The van der Waals surface area contributed by atoms with E-state index in [2.05, 4.69) is 15.3 Å². The molecule has 3 aliphatic rings. The van der Waals surface area contributed by atoms with Crippen LogP contribution in [0.4, 0.5) is 16.2 Å². The number of fused-ring (bicyclic) bond motifs is 1. The Hall–Kier alpha value is -4.22. The number of aliphatic imine (C=N–C) groups is 1. The predicted octanol–water partition coefficient (Wildman–Crippen LogP) is 4.01. The van der Waals surface area contributed by atoms with Gasteiger partial charge in [-0.05, 0) is 44.5 Å². The van der Waals surface area contributed by atoms with Crippen LogP contribution in [-0.4, -0.2) is 72.7 Å². The first-order valence-corrected chi connectivity index (χ1v) is 14.1. The highest BCUT2D eigenvalue weighted by atomic mass is 35.5. The zero-order valence-electron chi connectivity index (χ0n) is 24.2. The quantitative estimate of drug-likeness (QED) is 0.466. The van der Waals surface area contributed by atoms with E-state index in [-0.39, 0.29) is 6.09 Å². The summed E-state index contributed by atoms with van der Waals surface area (Å²) in [7, 11) is 1.60. The van der Waals surface area contributed by atoms with Gasteiger partial charge in [-0.15, -0.1) is 0 Å². The highest BCUT2D eigenvalue weighted by Gasteiger charge is 2.47. The third-order valence-electron chi connectivity index (χ3n) is 7.12. The summed E-state index contributed by atoms with van der Waals surface area (Å²) in [6, 6.07) is 12.6. The number of anilines is 2. The number of benzene rings is 2. The Morgan fingerprint density at radius 1 is 1.14 bits per heavy atom. The molecule has 0 bridgehead atoms. The second-order valence-electron chi connectivity index (χ2n) is 11.2. The number of nitrogens with one attached hydrogen (secondary N) is 1. The van der Waals surface area contributed by atoms with Gasteiger partial charge in [-0.3, -0.25) is 15.2 Å². The van der Waals surface area contributed by atoms with Crippen LogP contribution >= 0.6 is 11.6 Å². The molecule has 0 spiro atoms. The number of allylic oxidation sites excluding steroid dienone is 1. The maximum Gasteiger partial charge on any atom is 0.410 e. The average Bonchev–Trinajstić information content (AvgIpc) is 3.43. The number of nitrogens with two attached hydrogens (primary N) is 1. The summed E-state index contributed by atoms with van der Waals surface area (Å²) in [6.45, 7) is 8.00. The van der Waals surface area contributed by atoms with Gasteiger partial charge in [0.15, 0.2) is 11.9 Å². The van der Waals surface area contributed by atoms with Crippen molar-refractivity contribution in [1.29, 1.82) is 0 Å². The number of rotatable bonds is 7. The average molecular weight is 594 g/mol. The van der Waals surface area contributed by atoms with Gasteiger partial charge in [0.05, 0.1) is 31.6 Å². The molecule has 1 saturated heterocycles. The molecule has 42 heavy (non-hydrogen) atoms. The standard InChI is InChI=1S/C30H36ClN7O4/c1-30(2,3)42-29(40)36-15-13-35(14-16-36)21-9-10-24(25(18-21)41-4)34-38-19-22(17-20-7-5-6-8-23(20)31)37-12-11-33-28(37)26(38)27(32)39/h5-12,18-19,26,34H,13-17H2,1-4H3,(H2,32,39)/q+1.